The van der Waals surface area contributed by atoms with Crippen LogP contribution < -0.4 is 5.73 Å². The third-order valence-electron chi connectivity index (χ3n) is 4.00. The van der Waals surface area contributed by atoms with E-state index in [1.807, 2.05) is 12.5 Å². The summed E-state index contributed by atoms with van der Waals surface area (Å²) in [6.07, 6.45) is 5.91. The molecule has 0 amide bonds. The van der Waals surface area contributed by atoms with Gasteiger partial charge in [0.1, 0.15) is 0 Å². The average Bonchev–Trinajstić information content (AvgIpc) is 2.99. The molecule has 2 heterocycles. The van der Waals surface area contributed by atoms with Crippen LogP contribution in [0.3, 0.4) is 0 Å². The maximum atomic E-state index is 6.36. The lowest BCUT2D eigenvalue weighted by Crippen LogP contribution is -2.31. The van der Waals surface area contributed by atoms with Crippen molar-refractivity contribution in [2.24, 2.45) is 11.7 Å². The highest BCUT2D eigenvalue weighted by Crippen LogP contribution is 2.30. The van der Waals surface area contributed by atoms with Gasteiger partial charge < -0.3 is 15.0 Å². The van der Waals surface area contributed by atoms with Gasteiger partial charge in [0.25, 0.3) is 0 Å². The molecule has 0 radical (unpaired) electrons. The zero-order chi connectivity index (χ0) is 12.5. The molecule has 1 aliphatic heterocycles. The van der Waals surface area contributed by atoms with E-state index in [2.05, 4.69) is 30.3 Å². The molecule has 2 unspecified atom stereocenters. The molecule has 2 rings (SSSR count). The first-order valence-corrected chi connectivity index (χ1v) is 6.42. The first-order chi connectivity index (χ1) is 8.06. The Balaban J connectivity index is 2.23. The van der Waals surface area contributed by atoms with E-state index in [0.29, 0.717) is 5.92 Å². The van der Waals surface area contributed by atoms with Crippen LogP contribution in [0.2, 0.25) is 0 Å². The molecule has 1 fully saturated rings. The third-order valence-corrected chi connectivity index (χ3v) is 4.00. The second-order valence-corrected chi connectivity index (χ2v) is 5.50. The second kappa shape index (κ2) is 4.78. The third kappa shape index (κ3) is 2.38. The van der Waals surface area contributed by atoms with Crippen LogP contribution in [0.25, 0.3) is 0 Å². The fourth-order valence-corrected chi connectivity index (χ4v) is 2.31. The summed E-state index contributed by atoms with van der Waals surface area (Å²) >= 11 is 0. The molecule has 4 heteroatoms. The van der Waals surface area contributed by atoms with E-state index < -0.39 is 0 Å². The first kappa shape index (κ1) is 12.6. The van der Waals surface area contributed by atoms with Crippen molar-refractivity contribution in [3.8, 4) is 0 Å². The summed E-state index contributed by atoms with van der Waals surface area (Å²) in [6, 6.07) is 0.0332. The minimum Gasteiger partial charge on any atom is -0.381 e. The van der Waals surface area contributed by atoms with Crippen LogP contribution in [-0.2, 0) is 10.3 Å². The molecule has 0 aliphatic carbocycles. The highest BCUT2D eigenvalue weighted by molar-refractivity contribution is 5.10. The first-order valence-electron chi connectivity index (χ1n) is 6.42. The second-order valence-electron chi connectivity index (χ2n) is 5.50. The lowest BCUT2D eigenvalue weighted by Gasteiger charge is -2.30. The Hall–Kier alpha value is -0.870. The maximum absolute atomic E-state index is 6.36. The maximum Gasteiger partial charge on any atom is 0.0953 e. The summed E-state index contributed by atoms with van der Waals surface area (Å²) in [5.41, 5.74) is 7.56. The normalized spacial score (nSPS) is 22.9. The van der Waals surface area contributed by atoms with Gasteiger partial charge in [-0.05, 0) is 26.7 Å². The fourth-order valence-electron chi connectivity index (χ4n) is 2.31. The lowest BCUT2D eigenvalue weighted by atomic mass is 9.95. The Bertz CT molecular complexity index is 366. The quantitative estimate of drug-likeness (QED) is 0.872. The zero-order valence-corrected chi connectivity index (χ0v) is 11.0. The molecule has 1 aliphatic rings. The highest BCUT2D eigenvalue weighted by Gasteiger charge is 2.29. The summed E-state index contributed by atoms with van der Waals surface area (Å²) in [5, 5.41) is 0. The van der Waals surface area contributed by atoms with Crippen molar-refractivity contribution in [1.29, 1.82) is 0 Å². The molecule has 0 aromatic carbocycles. The van der Waals surface area contributed by atoms with E-state index >= 15 is 0 Å². The number of nitrogens with two attached hydrogens (primary N) is 1. The van der Waals surface area contributed by atoms with Crippen LogP contribution >= 0.6 is 0 Å². The van der Waals surface area contributed by atoms with Crippen molar-refractivity contribution >= 4 is 0 Å². The van der Waals surface area contributed by atoms with Crippen molar-refractivity contribution in [2.45, 2.75) is 45.2 Å². The Kier molecular flexibility index (Phi) is 3.54. The van der Waals surface area contributed by atoms with E-state index in [1.54, 1.807) is 0 Å². The molecule has 2 atom stereocenters. The Morgan fingerprint density at radius 2 is 2.41 bits per heavy atom. The van der Waals surface area contributed by atoms with Crippen molar-refractivity contribution in [2.75, 3.05) is 13.2 Å². The topological polar surface area (TPSA) is 53.1 Å². The molecule has 1 aromatic rings. The number of aromatic nitrogens is 2. The number of ether oxygens (including phenoxy) is 1. The van der Waals surface area contributed by atoms with Gasteiger partial charge in [0.05, 0.1) is 24.7 Å². The van der Waals surface area contributed by atoms with E-state index in [1.165, 1.54) is 0 Å². The SMILES string of the molecule is CCC(C)(C)n1cncc1C(N)C1CCOC1. The van der Waals surface area contributed by atoms with E-state index in [-0.39, 0.29) is 11.6 Å². The molecule has 17 heavy (non-hydrogen) atoms. The average molecular weight is 237 g/mol. The van der Waals surface area contributed by atoms with Gasteiger partial charge in [0.2, 0.25) is 0 Å². The minimum atomic E-state index is 0.0332. The largest absolute Gasteiger partial charge is 0.381 e. The van der Waals surface area contributed by atoms with Gasteiger partial charge >= 0.3 is 0 Å². The van der Waals surface area contributed by atoms with Crippen LogP contribution in [-0.4, -0.2) is 22.8 Å². The monoisotopic (exact) mass is 237 g/mol. The number of nitrogens with zero attached hydrogens (tertiary/aromatic N) is 2. The van der Waals surface area contributed by atoms with Crippen LogP contribution in [0.1, 0.15) is 45.3 Å². The summed E-state index contributed by atoms with van der Waals surface area (Å²) < 4.78 is 7.64. The van der Waals surface area contributed by atoms with Crippen LogP contribution in [0, 0.1) is 5.92 Å². The summed E-state index contributed by atoms with van der Waals surface area (Å²) in [6.45, 7) is 8.24. The minimum absolute atomic E-state index is 0.0332. The van der Waals surface area contributed by atoms with E-state index in [9.17, 15) is 0 Å². The van der Waals surface area contributed by atoms with Crippen LogP contribution in [0.15, 0.2) is 12.5 Å². The predicted molar refractivity (Wildman–Crippen MR) is 67.7 cm³/mol. The lowest BCUT2D eigenvalue weighted by molar-refractivity contribution is 0.179. The Morgan fingerprint density at radius 1 is 1.65 bits per heavy atom. The zero-order valence-electron chi connectivity index (χ0n) is 11.0. The molecular weight excluding hydrogens is 214 g/mol. The van der Waals surface area contributed by atoms with Crippen molar-refractivity contribution < 1.29 is 4.74 Å². The van der Waals surface area contributed by atoms with Crippen LogP contribution in [0.4, 0.5) is 0 Å². The van der Waals surface area contributed by atoms with Gasteiger partial charge in [-0.15, -0.1) is 0 Å². The molecule has 4 nitrogen and oxygen atoms in total. The van der Waals surface area contributed by atoms with E-state index in [4.69, 9.17) is 10.5 Å². The Morgan fingerprint density at radius 3 is 3.00 bits per heavy atom. The summed E-state index contributed by atoms with van der Waals surface area (Å²) in [5.74, 6) is 0.429. The number of hydrogen-bond acceptors (Lipinski definition) is 3. The van der Waals surface area contributed by atoms with Gasteiger partial charge in [-0.1, -0.05) is 6.92 Å². The van der Waals surface area contributed by atoms with Crippen molar-refractivity contribution in [3.05, 3.63) is 18.2 Å². The molecule has 0 saturated carbocycles. The molecule has 1 aromatic heterocycles. The van der Waals surface area contributed by atoms with Gasteiger partial charge in [-0.3, -0.25) is 0 Å². The highest BCUT2D eigenvalue weighted by atomic mass is 16.5. The predicted octanol–water partition coefficient (Wildman–Crippen LogP) is 2.06. The van der Waals surface area contributed by atoms with Gasteiger partial charge in [-0.25, -0.2) is 4.98 Å². The summed E-state index contributed by atoms with van der Waals surface area (Å²) in [4.78, 5) is 4.27. The number of imidazole rings is 1. The van der Waals surface area contributed by atoms with Gasteiger partial charge in [-0.2, -0.15) is 0 Å². The van der Waals surface area contributed by atoms with Gasteiger partial charge in [0.15, 0.2) is 0 Å². The molecular formula is C13H23N3O. The van der Waals surface area contributed by atoms with Crippen LogP contribution in [0.5, 0.6) is 0 Å². The smallest absolute Gasteiger partial charge is 0.0953 e. The van der Waals surface area contributed by atoms with E-state index in [0.717, 1.165) is 31.7 Å². The molecule has 96 valence electrons. The van der Waals surface area contributed by atoms with Gasteiger partial charge in [0, 0.05) is 24.3 Å². The standard InChI is InChI=1S/C13H23N3O/c1-4-13(2,3)16-9-15-7-11(16)12(14)10-5-6-17-8-10/h7,9-10,12H,4-6,8,14H2,1-3H3. The number of rotatable bonds is 4. The van der Waals surface area contributed by atoms with Crippen molar-refractivity contribution in [3.63, 3.8) is 0 Å². The fraction of sp³-hybridized carbons (Fsp3) is 0.769. The molecule has 0 bridgehead atoms. The molecule has 1 saturated heterocycles. The molecule has 0 spiro atoms. The Labute approximate surface area is 103 Å². The molecule has 2 N–H and O–H groups in total. The van der Waals surface area contributed by atoms with Crippen molar-refractivity contribution in [1.82, 2.24) is 9.55 Å². The summed E-state index contributed by atoms with van der Waals surface area (Å²) in [7, 11) is 0. The number of hydrogen-bond donors (Lipinski definition) is 1.